The van der Waals surface area contributed by atoms with Gasteiger partial charge in [0.25, 0.3) is 0 Å². The van der Waals surface area contributed by atoms with Crippen LogP contribution in [0.1, 0.15) is 11.3 Å². The number of nitrogens with one attached hydrogen (secondary N) is 2. The van der Waals surface area contributed by atoms with E-state index in [1.807, 2.05) is 61.7 Å². The van der Waals surface area contributed by atoms with Crippen LogP contribution in [0.3, 0.4) is 0 Å². The van der Waals surface area contributed by atoms with Crippen molar-refractivity contribution in [3.8, 4) is 11.5 Å². The fraction of sp³-hybridized carbons (Fsp3) is 0.167. The first kappa shape index (κ1) is 19.5. The first-order chi connectivity index (χ1) is 14.6. The summed E-state index contributed by atoms with van der Waals surface area (Å²) in [6.45, 7) is 2.79. The Morgan fingerprint density at radius 2 is 1.90 bits per heavy atom. The predicted octanol–water partition coefficient (Wildman–Crippen LogP) is 4.24. The van der Waals surface area contributed by atoms with Gasteiger partial charge in [-0.25, -0.2) is 0 Å². The molecule has 0 aliphatic heterocycles. The maximum Gasteiger partial charge on any atom is 0.244 e. The number of nitrogens with zero attached hydrogens (tertiary/aromatic N) is 1. The second-order valence-corrected chi connectivity index (χ2v) is 6.90. The maximum absolute atomic E-state index is 12.0. The van der Waals surface area contributed by atoms with E-state index in [1.165, 1.54) is 6.08 Å². The Morgan fingerprint density at radius 1 is 1.10 bits per heavy atom. The molecule has 2 aromatic carbocycles. The largest absolute Gasteiger partial charge is 0.497 e. The molecular formula is C24H23N3O3. The molecule has 2 aromatic heterocycles. The predicted molar refractivity (Wildman–Crippen MR) is 119 cm³/mol. The summed E-state index contributed by atoms with van der Waals surface area (Å²) in [5.74, 6) is 1.39. The smallest absolute Gasteiger partial charge is 0.244 e. The summed E-state index contributed by atoms with van der Waals surface area (Å²) in [7, 11) is 1.62. The van der Waals surface area contributed by atoms with E-state index in [-0.39, 0.29) is 5.91 Å². The summed E-state index contributed by atoms with van der Waals surface area (Å²) in [6.07, 6.45) is 5.08. The highest BCUT2D eigenvalue weighted by Crippen LogP contribution is 2.29. The van der Waals surface area contributed by atoms with E-state index in [2.05, 4.69) is 15.3 Å². The minimum absolute atomic E-state index is 0.163. The van der Waals surface area contributed by atoms with E-state index in [1.54, 1.807) is 13.2 Å². The van der Waals surface area contributed by atoms with E-state index in [0.717, 1.165) is 44.6 Å². The van der Waals surface area contributed by atoms with Gasteiger partial charge in [-0.3, -0.25) is 9.78 Å². The van der Waals surface area contributed by atoms with Crippen LogP contribution < -0.4 is 14.8 Å². The minimum atomic E-state index is -0.163. The van der Waals surface area contributed by atoms with E-state index < -0.39 is 0 Å². The van der Waals surface area contributed by atoms with Crippen LogP contribution in [0.5, 0.6) is 11.5 Å². The summed E-state index contributed by atoms with van der Waals surface area (Å²) in [5, 5.41) is 5.05. The van der Waals surface area contributed by atoms with E-state index in [0.29, 0.717) is 13.2 Å². The third-order valence-electron chi connectivity index (χ3n) is 4.89. The fourth-order valence-electron chi connectivity index (χ4n) is 3.32. The number of fused-ring (bicyclic) bond motifs is 3. The Balaban J connectivity index is 1.31. The number of amides is 1. The molecule has 30 heavy (non-hydrogen) atoms. The lowest BCUT2D eigenvalue weighted by Gasteiger charge is -2.07. The van der Waals surface area contributed by atoms with Gasteiger partial charge in [-0.05, 0) is 55.0 Å². The Morgan fingerprint density at radius 3 is 2.70 bits per heavy atom. The molecule has 152 valence electrons. The van der Waals surface area contributed by atoms with Crippen molar-refractivity contribution in [1.29, 1.82) is 0 Å². The van der Waals surface area contributed by atoms with Crippen LogP contribution >= 0.6 is 0 Å². The zero-order valence-corrected chi connectivity index (χ0v) is 16.9. The zero-order valence-electron chi connectivity index (χ0n) is 16.9. The van der Waals surface area contributed by atoms with Crippen molar-refractivity contribution in [2.75, 3.05) is 20.3 Å². The number of methoxy groups -OCH3 is 1. The van der Waals surface area contributed by atoms with E-state index in [4.69, 9.17) is 9.47 Å². The Hall–Kier alpha value is -3.80. The molecule has 2 N–H and O–H groups in total. The second-order valence-electron chi connectivity index (χ2n) is 6.90. The monoisotopic (exact) mass is 401 g/mol. The van der Waals surface area contributed by atoms with Crippen molar-refractivity contribution < 1.29 is 14.3 Å². The van der Waals surface area contributed by atoms with Crippen LogP contribution in [0.15, 0.2) is 60.8 Å². The van der Waals surface area contributed by atoms with Crippen LogP contribution in [0, 0.1) is 6.92 Å². The van der Waals surface area contributed by atoms with Gasteiger partial charge in [-0.2, -0.15) is 0 Å². The summed E-state index contributed by atoms with van der Waals surface area (Å²) < 4.78 is 10.9. The molecule has 0 saturated carbocycles. The first-order valence-corrected chi connectivity index (χ1v) is 9.74. The second kappa shape index (κ2) is 8.69. The first-order valence-electron chi connectivity index (χ1n) is 9.74. The Bertz CT molecular complexity index is 1210. The molecule has 0 aliphatic carbocycles. The lowest BCUT2D eigenvalue weighted by Crippen LogP contribution is -2.26. The molecule has 0 spiro atoms. The van der Waals surface area contributed by atoms with E-state index in [9.17, 15) is 4.79 Å². The average molecular weight is 401 g/mol. The molecule has 0 aliphatic rings. The van der Waals surface area contributed by atoms with Crippen LogP contribution in [0.2, 0.25) is 0 Å². The summed E-state index contributed by atoms with van der Waals surface area (Å²) >= 11 is 0. The highest BCUT2D eigenvalue weighted by molar-refractivity contribution is 6.08. The van der Waals surface area contributed by atoms with Gasteiger partial charge in [-0.15, -0.1) is 0 Å². The van der Waals surface area contributed by atoms with Gasteiger partial charge in [0.05, 0.1) is 24.9 Å². The van der Waals surface area contributed by atoms with Crippen LogP contribution in [0.4, 0.5) is 0 Å². The lowest BCUT2D eigenvalue weighted by atomic mass is 10.1. The number of hydrogen-bond donors (Lipinski definition) is 2. The van der Waals surface area contributed by atoms with Crippen LogP contribution in [-0.2, 0) is 4.79 Å². The van der Waals surface area contributed by atoms with Crippen molar-refractivity contribution in [2.45, 2.75) is 6.92 Å². The number of H-pyrrole nitrogens is 1. The lowest BCUT2D eigenvalue weighted by molar-refractivity contribution is -0.116. The quantitative estimate of drug-likeness (QED) is 0.359. The molecule has 4 aromatic rings. The van der Waals surface area contributed by atoms with Gasteiger partial charge in [-0.1, -0.05) is 12.1 Å². The van der Waals surface area contributed by atoms with Gasteiger partial charge in [0.2, 0.25) is 5.91 Å². The standard InChI is InChI=1S/C24H23N3O3/c1-16-24-20(11-12-25-16)21-15-19(8-9-22(21)27-24)30-14-13-26-23(28)10-5-17-3-6-18(29-2)7-4-17/h3-12,15,27H,13-14H2,1-2H3,(H,26,28)/b10-5+. The normalized spacial score (nSPS) is 11.3. The summed E-state index contributed by atoms with van der Waals surface area (Å²) in [4.78, 5) is 19.7. The van der Waals surface area contributed by atoms with Gasteiger partial charge in [0.1, 0.15) is 18.1 Å². The molecule has 6 heteroatoms. The fourth-order valence-corrected chi connectivity index (χ4v) is 3.32. The Kier molecular flexibility index (Phi) is 5.66. The van der Waals surface area contributed by atoms with Gasteiger partial charge >= 0.3 is 0 Å². The van der Waals surface area contributed by atoms with Crippen LogP contribution in [-0.4, -0.2) is 36.1 Å². The molecule has 1 amide bonds. The van der Waals surface area contributed by atoms with Crippen molar-refractivity contribution in [1.82, 2.24) is 15.3 Å². The number of aryl methyl sites for hydroxylation is 1. The average Bonchev–Trinajstić information content (AvgIpc) is 3.15. The van der Waals surface area contributed by atoms with Gasteiger partial charge in [0, 0.05) is 28.6 Å². The van der Waals surface area contributed by atoms with Crippen molar-refractivity contribution in [3.63, 3.8) is 0 Å². The molecule has 0 saturated heterocycles. The number of benzene rings is 2. The van der Waals surface area contributed by atoms with Gasteiger partial charge in [0.15, 0.2) is 0 Å². The number of pyridine rings is 1. The van der Waals surface area contributed by atoms with Gasteiger partial charge < -0.3 is 19.8 Å². The maximum atomic E-state index is 12.0. The van der Waals surface area contributed by atoms with Crippen LogP contribution in [0.25, 0.3) is 27.9 Å². The molecule has 0 radical (unpaired) electrons. The highest BCUT2D eigenvalue weighted by Gasteiger charge is 2.08. The number of carbonyl (C=O) groups excluding carboxylic acids is 1. The number of aromatic amines is 1. The molecule has 0 unspecified atom stereocenters. The number of rotatable bonds is 7. The molecule has 0 bridgehead atoms. The van der Waals surface area contributed by atoms with Crippen molar-refractivity contribution in [3.05, 3.63) is 72.1 Å². The molecule has 4 rings (SSSR count). The Labute approximate surface area is 174 Å². The topological polar surface area (TPSA) is 76.2 Å². The summed E-state index contributed by atoms with van der Waals surface area (Å²) in [6, 6.07) is 15.4. The molecule has 0 atom stereocenters. The third-order valence-corrected chi connectivity index (χ3v) is 4.89. The van der Waals surface area contributed by atoms with Crippen molar-refractivity contribution in [2.24, 2.45) is 0 Å². The van der Waals surface area contributed by atoms with E-state index >= 15 is 0 Å². The summed E-state index contributed by atoms with van der Waals surface area (Å²) in [5.41, 5.74) is 3.99. The zero-order chi connectivity index (χ0) is 20.9. The molecule has 2 heterocycles. The third kappa shape index (κ3) is 4.27. The highest BCUT2D eigenvalue weighted by atomic mass is 16.5. The minimum Gasteiger partial charge on any atom is -0.497 e. The molecule has 6 nitrogen and oxygen atoms in total. The number of hydrogen-bond acceptors (Lipinski definition) is 4. The molecular weight excluding hydrogens is 378 g/mol. The molecule has 0 fully saturated rings. The number of carbonyl (C=O) groups is 1. The number of aromatic nitrogens is 2. The SMILES string of the molecule is COc1ccc(/C=C/C(=O)NCCOc2ccc3[nH]c4c(C)nccc4c3c2)cc1. The number of ether oxygens (including phenoxy) is 2. The van der Waals surface area contributed by atoms with Crippen molar-refractivity contribution >= 4 is 33.8 Å².